The first-order valence-electron chi connectivity index (χ1n) is 5.79. The summed E-state index contributed by atoms with van der Waals surface area (Å²) in [4.78, 5) is 21.4. The van der Waals surface area contributed by atoms with Crippen molar-refractivity contribution in [3.8, 4) is 0 Å². The van der Waals surface area contributed by atoms with Crippen molar-refractivity contribution < 1.29 is 23.1 Å². The molecule has 0 fully saturated rings. The van der Waals surface area contributed by atoms with E-state index in [0.29, 0.717) is 5.69 Å². The lowest BCUT2D eigenvalue weighted by Crippen LogP contribution is -2.29. The zero-order chi connectivity index (χ0) is 15.3. The van der Waals surface area contributed by atoms with Crippen LogP contribution >= 0.6 is 0 Å². The molecule has 1 aromatic carbocycles. The second-order valence-corrected chi connectivity index (χ2v) is 6.22. The smallest absolute Gasteiger partial charge is 0.304 e. The highest BCUT2D eigenvalue weighted by Crippen LogP contribution is 2.17. The molecular weight excluding hydrogens is 284 g/mol. The summed E-state index contributed by atoms with van der Waals surface area (Å²) in [5, 5.41) is 11.1. The second-order valence-electron chi connectivity index (χ2n) is 4.18. The Morgan fingerprint density at radius 3 is 2.25 bits per heavy atom. The van der Waals surface area contributed by atoms with E-state index in [0.717, 1.165) is 4.31 Å². The minimum absolute atomic E-state index is 0.0412. The van der Waals surface area contributed by atoms with E-state index in [2.05, 4.69) is 5.32 Å². The maximum Gasteiger partial charge on any atom is 0.304 e. The van der Waals surface area contributed by atoms with Crippen LogP contribution in [-0.4, -0.2) is 43.3 Å². The zero-order valence-corrected chi connectivity index (χ0v) is 12.0. The number of carboxylic acids is 1. The predicted molar refractivity (Wildman–Crippen MR) is 72.8 cm³/mol. The molecule has 0 radical (unpaired) electrons. The van der Waals surface area contributed by atoms with Crippen molar-refractivity contribution in [1.29, 1.82) is 0 Å². The van der Waals surface area contributed by atoms with E-state index in [1.807, 2.05) is 0 Å². The summed E-state index contributed by atoms with van der Waals surface area (Å²) in [5.41, 5.74) is 0.490. The molecule has 0 bridgehead atoms. The van der Waals surface area contributed by atoms with Crippen molar-refractivity contribution in [3.05, 3.63) is 24.3 Å². The number of hydrogen-bond donors (Lipinski definition) is 2. The highest BCUT2D eigenvalue weighted by Gasteiger charge is 2.21. The minimum atomic E-state index is -3.72. The van der Waals surface area contributed by atoms with E-state index in [9.17, 15) is 18.0 Å². The van der Waals surface area contributed by atoms with Crippen LogP contribution in [0.1, 0.15) is 13.3 Å². The SMILES string of the molecule is CC(=O)Nc1ccc(S(=O)(=O)N(C)CCC(=O)O)cc1. The van der Waals surface area contributed by atoms with E-state index in [1.165, 1.54) is 38.2 Å². The van der Waals surface area contributed by atoms with Gasteiger partial charge in [-0.15, -0.1) is 0 Å². The third kappa shape index (κ3) is 4.32. The number of anilines is 1. The highest BCUT2D eigenvalue weighted by molar-refractivity contribution is 7.89. The van der Waals surface area contributed by atoms with E-state index in [4.69, 9.17) is 5.11 Å². The highest BCUT2D eigenvalue weighted by atomic mass is 32.2. The van der Waals surface area contributed by atoms with Gasteiger partial charge in [0.25, 0.3) is 0 Å². The fraction of sp³-hybridized carbons (Fsp3) is 0.333. The van der Waals surface area contributed by atoms with Crippen LogP contribution in [0, 0.1) is 0 Å². The molecule has 0 aliphatic rings. The van der Waals surface area contributed by atoms with Gasteiger partial charge in [0.2, 0.25) is 15.9 Å². The molecule has 0 saturated heterocycles. The first kappa shape index (κ1) is 16.1. The van der Waals surface area contributed by atoms with Gasteiger partial charge in [-0.3, -0.25) is 9.59 Å². The molecule has 1 rings (SSSR count). The van der Waals surface area contributed by atoms with Gasteiger partial charge in [0.05, 0.1) is 11.3 Å². The Balaban J connectivity index is 2.86. The van der Waals surface area contributed by atoms with Crippen molar-refractivity contribution >= 4 is 27.6 Å². The van der Waals surface area contributed by atoms with Gasteiger partial charge in [-0.1, -0.05) is 0 Å². The number of sulfonamides is 1. The first-order chi connectivity index (χ1) is 9.23. The van der Waals surface area contributed by atoms with E-state index in [1.54, 1.807) is 0 Å². The van der Waals surface area contributed by atoms with E-state index >= 15 is 0 Å². The van der Waals surface area contributed by atoms with Crippen molar-refractivity contribution in [2.24, 2.45) is 0 Å². The first-order valence-corrected chi connectivity index (χ1v) is 7.23. The summed E-state index contributed by atoms with van der Waals surface area (Å²) in [7, 11) is -2.40. The van der Waals surface area contributed by atoms with Crippen molar-refractivity contribution in [3.63, 3.8) is 0 Å². The van der Waals surface area contributed by atoms with E-state index < -0.39 is 16.0 Å². The maximum absolute atomic E-state index is 12.1. The number of benzene rings is 1. The van der Waals surface area contributed by atoms with Crippen LogP contribution in [0.4, 0.5) is 5.69 Å². The van der Waals surface area contributed by atoms with Crippen molar-refractivity contribution in [1.82, 2.24) is 4.31 Å². The number of carboxylic acid groups (broad SMARTS) is 1. The fourth-order valence-corrected chi connectivity index (χ4v) is 2.64. The van der Waals surface area contributed by atoms with Gasteiger partial charge in [-0.2, -0.15) is 0 Å². The number of nitrogens with one attached hydrogen (secondary N) is 1. The second kappa shape index (κ2) is 6.49. The standard InChI is InChI=1S/C12H16N2O5S/c1-9(15)13-10-3-5-11(6-4-10)20(18,19)14(2)8-7-12(16)17/h3-6H,7-8H2,1-2H3,(H,13,15)(H,16,17). The molecule has 1 amide bonds. The summed E-state index contributed by atoms with van der Waals surface area (Å²) in [5.74, 6) is -1.31. The number of rotatable bonds is 6. The maximum atomic E-state index is 12.1. The molecule has 110 valence electrons. The lowest BCUT2D eigenvalue weighted by molar-refractivity contribution is -0.137. The molecule has 0 spiro atoms. The molecule has 0 aromatic heterocycles. The van der Waals surface area contributed by atoms with Gasteiger partial charge < -0.3 is 10.4 Å². The summed E-state index contributed by atoms with van der Waals surface area (Å²) in [6, 6.07) is 5.66. The number of amides is 1. The number of hydrogen-bond acceptors (Lipinski definition) is 4. The Morgan fingerprint density at radius 2 is 1.80 bits per heavy atom. The van der Waals surface area contributed by atoms with Gasteiger partial charge in [0.15, 0.2) is 0 Å². The Morgan fingerprint density at radius 1 is 1.25 bits per heavy atom. The fourth-order valence-electron chi connectivity index (χ4n) is 1.47. The predicted octanol–water partition coefficient (Wildman–Crippen LogP) is 0.740. The molecule has 0 unspecified atom stereocenters. The molecule has 0 aliphatic heterocycles. The molecule has 0 saturated carbocycles. The quantitative estimate of drug-likeness (QED) is 0.806. The summed E-state index contributed by atoms with van der Waals surface area (Å²) in [6.45, 7) is 1.25. The minimum Gasteiger partial charge on any atom is -0.481 e. The van der Waals surface area contributed by atoms with Crippen LogP contribution in [0.5, 0.6) is 0 Å². The third-order valence-electron chi connectivity index (χ3n) is 2.52. The number of carbonyl (C=O) groups is 2. The average Bonchev–Trinajstić information content (AvgIpc) is 2.35. The largest absolute Gasteiger partial charge is 0.481 e. The van der Waals surface area contributed by atoms with Crippen LogP contribution in [0.15, 0.2) is 29.2 Å². The van der Waals surface area contributed by atoms with Crippen LogP contribution in [0.2, 0.25) is 0 Å². The summed E-state index contributed by atoms with van der Waals surface area (Å²) >= 11 is 0. The molecule has 0 atom stereocenters. The van der Waals surface area contributed by atoms with Gasteiger partial charge in [-0.25, -0.2) is 12.7 Å². The molecule has 20 heavy (non-hydrogen) atoms. The Hall–Kier alpha value is -1.93. The monoisotopic (exact) mass is 300 g/mol. The normalized spacial score (nSPS) is 11.3. The summed E-state index contributed by atoms with van der Waals surface area (Å²) in [6.07, 6.45) is -0.264. The van der Waals surface area contributed by atoms with Gasteiger partial charge >= 0.3 is 5.97 Å². The third-order valence-corrected chi connectivity index (χ3v) is 4.39. The molecule has 0 aliphatic carbocycles. The summed E-state index contributed by atoms with van der Waals surface area (Å²) < 4.78 is 25.2. The van der Waals surface area contributed by atoms with Gasteiger partial charge in [0, 0.05) is 26.2 Å². The molecule has 0 heterocycles. The Bertz CT molecular complexity index is 595. The Kier molecular flexibility index (Phi) is 5.23. The zero-order valence-electron chi connectivity index (χ0n) is 11.2. The van der Waals surface area contributed by atoms with E-state index in [-0.39, 0.29) is 23.8 Å². The number of aliphatic carboxylic acids is 1. The number of carbonyl (C=O) groups excluding carboxylic acids is 1. The lowest BCUT2D eigenvalue weighted by Gasteiger charge is -2.16. The molecule has 2 N–H and O–H groups in total. The number of nitrogens with zero attached hydrogens (tertiary/aromatic N) is 1. The van der Waals surface area contributed by atoms with Gasteiger partial charge in [-0.05, 0) is 24.3 Å². The average molecular weight is 300 g/mol. The van der Waals surface area contributed by atoms with Gasteiger partial charge in [0.1, 0.15) is 0 Å². The van der Waals surface area contributed by atoms with Crippen LogP contribution in [0.3, 0.4) is 0 Å². The molecule has 7 nitrogen and oxygen atoms in total. The molecule has 1 aromatic rings. The van der Waals surface area contributed by atoms with Crippen molar-refractivity contribution in [2.75, 3.05) is 18.9 Å². The van der Waals surface area contributed by atoms with Crippen molar-refractivity contribution in [2.45, 2.75) is 18.2 Å². The molecule has 8 heteroatoms. The van der Waals surface area contributed by atoms with Crippen LogP contribution < -0.4 is 5.32 Å². The van der Waals surface area contributed by atoms with Crippen LogP contribution in [0.25, 0.3) is 0 Å². The Labute approximate surface area is 117 Å². The molecular formula is C12H16N2O5S. The van der Waals surface area contributed by atoms with Crippen LogP contribution in [-0.2, 0) is 19.6 Å². The lowest BCUT2D eigenvalue weighted by atomic mass is 10.3. The topological polar surface area (TPSA) is 104 Å².